The zero-order valence-electron chi connectivity index (χ0n) is 23.5. The van der Waals surface area contributed by atoms with Crippen molar-refractivity contribution in [3.05, 3.63) is 146 Å². The van der Waals surface area contributed by atoms with E-state index in [1.54, 1.807) is 24.8 Å². The molecule has 0 atom stereocenters. The molecule has 5 heterocycles. The third-order valence-electron chi connectivity index (χ3n) is 7.66. The molecule has 44 heavy (non-hydrogen) atoms. The first kappa shape index (κ1) is 25.6. The highest BCUT2D eigenvalue weighted by atomic mass is 14.9. The van der Waals surface area contributed by atoms with Crippen LogP contribution < -0.4 is 0 Å². The normalized spacial score (nSPS) is 11.2. The second-order valence-corrected chi connectivity index (χ2v) is 10.5. The first-order chi connectivity index (χ1) is 21.8. The molecule has 0 unspecified atom stereocenters. The molecule has 8 rings (SSSR count). The number of hydrogen-bond acceptors (Lipinski definition) is 6. The Morgan fingerprint density at radius 1 is 0.341 bits per heavy atom. The van der Waals surface area contributed by atoms with Gasteiger partial charge in [0.15, 0.2) is 5.82 Å². The van der Waals surface area contributed by atoms with Gasteiger partial charge in [0.05, 0.1) is 28.1 Å². The van der Waals surface area contributed by atoms with Crippen molar-refractivity contribution < 1.29 is 0 Å². The average molecular weight is 565 g/mol. The first-order valence-electron chi connectivity index (χ1n) is 14.3. The third-order valence-corrected chi connectivity index (χ3v) is 7.66. The Kier molecular flexibility index (Phi) is 6.35. The number of aromatic nitrogens is 6. The second kappa shape index (κ2) is 10.9. The van der Waals surface area contributed by atoms with E-state index < -0.39 is 0 Å². The lowest BCUT2D eigenvalue weighted by atomic mass is 10.0. The maximum Gasteiger partial charge on any atom is 0.179 e. The monoisotopic (exact) mass is 564 g/mol. The van der Waals surface area contributed by atoms with Crippen molar-refractivity contribution in [2.45, 2.75) is 0 Å². The van der Waals surface area contributed by atoms with E-state index in [1.165, 1.54) is 5.56 Å². The summed E-state index contributed by atoms with van der Waals surface area (Å²) < 4.78 is 0. The quantitative estimate of drug-likeness (QED) is 0.208. The first-order valence-corrected chi connectivity index (χ1v) is 14.3. The SMILES string of the molecule is c1ccc(-c2ccc3ccc(-c4ccc5ccc(-c6nc(-c7cccnc7)cc(-c7cccnc7)n6)nc5c4)nc3c2)cc1. The van der Waals surface area contributed by atoms with Crippen LogP contribution in [0.1, 0.15) is 0 Å². The molecule has 0 saturated heterocycles. The van der Waals surface area contributed by atoms with Crippen molar-refractivity contribution in [2.75, 3.05) is 0 Å². The van der Waals surface area contributed by atoms with Gasteiger partial charge in [-0.25, -0.2) is 19.9 Å². The molecular weight excluding hydrogens is 540 g/mol. The van der Waals surface area contributed by atoms with Crippen LogP contribution in [0.15, 0.2) is 146 Å². The van der Waals surface area contributed by atoms with Gasteiger partial charge in [-0.2, -0.15) is 0 Å². The number of benzene rings is 3. The molecule has 0 aliphatic rings. The van der Waals surface area contributed by atoms with Crippen LogP contribution in [0.3, 0.4) is 0 Å². The van der Waals surface area contributed by atoms with Crippen molar-refractivity contribution in [1.82, 2.24) is 29.9 Å². The second-order valence-electron chi connectivity index (χ2n) is 10.5. The van der Waals surface area contributed by atoms with E-state index in [0.717, 1.165) is 61.1 Å². The van der Waals surface area contributed by atoms with E-state index in [4.69, 9.17) is 19.9 Å². The molecule has 0 radical (unpaired) electrons. The topological polar surface area (TPSA) is 77.3 Å². The van der Waals surface area contributed by atoms with Gasteiger partial charge in [0, 0.05) is 52.3 Å². The smallest absolute Gasteiger partial charge is 0.179 e. The van der Waals surface area contributed by atoms with E-state index >= 15 is 0 Å². The van der Waals surface area contributed by atoms with Crippen molar-refractivity contribution in [3.8, 4) is 56.4 Å². The highest BCUT2D eigenvalue weighted by Crippen LogP contribution is 2.30. The predicted molar refractivity (Wildman–Crippen MR) is 175 cm³/mol. The lowest BCUT2D eigenvalue weighted by molar-refractivity contribution is 1.15. The van der Waals surface area contributed by atoms with E-state index in [-0.39, 0.29) is 0 Å². The van der Waals surface area contributed by atoms with Crippen molar-refractivity contribution in [2.24, 2.45) is 0 Å². The van der Waals surface area contributed by atoms with E-state index in [1.807, 2.05) is 42.5 Å². The molecule has 0 saturated carbocycles. The number of fused-ring (bicyclic) bond motifs is 2. The summed E-state index contributed by atoms with van der Waals surface area (Å²) in [4.78, 5) is 28.5. The summed E-state index contributed by atoms with van der Waals surface area (Å²) in [5, 5.41) is 2.13. The van der Waals surface area contributed by atoms with E-state index in [9.17, 15) is 0 Å². The Balaban J connectivity index is 1.21. The molecule has 3 aromatic carbocycles. The van der Waals surface area contributed by atoms with Crippen LogP contribution in [0, 0.1) is 0 Å². The number of pyridine rings is 4. The third kappa shape index (κ3) is 4.95. The van der Waals surface area contributed by atoms with Crippen LogP contribution in [0.4, 0.5) is 0 Å². The van der Waals surface area contributed by atoms with Gasteiger partial charge in [-0.3, -0.25) is 9.97 Å². The minimum atomic E-state index is 0.537. The highest BCUT2D eigenvalue weighted by Gasteiger charge is 2.13. The Morgan fingerprint density at radius 3 is 1.52 bits per heavy atom. The zero-order valence-corrected chi connectivity index (χ0v) is 23.5. The summed E-state index contributed by atoms with van der Waals surface area (Å²) in [5.41, 5.74) is 10.0. The van der Waals surface area contributed by atoms with Crippen LogP contribution in [0.5, 0.6) is 0 Å². The van der Waals surface area contributed by atoms with Crippen molar-refractivity contribution in [1.29, 1.82) is 0 Å². The number of hydrogen-bond donors (Lipinski definition) is 0. The van der Waals surface area contributed by atoms with Crippen molar-refractivity contribution in [3.63, 3.8) is 0 Å². The highest BCUT2D eigenvalue weighted by molar-refractivity contribution is 5.89. The van der Waals surface area contributed by atoms with Crippen LogP contribution in [-0.4, -0.2) is 29.9 Å². The molecule has 0 N–H and O–H groups in total. The molecule has 0 aliphatic carbocycles. The standard InChI is InChI=1S/C38H24N6/c1-2-6-25(7-3-1)28-12-10-26-14-16-32(41-34(26)20-28)29-13-11-27-15-17-33(42-35(27)21-29)38-43-36(30-8-4-18-39-23-30)22-37(44-38)31-9-5-19-40-24-31/h1-24H. The van der Waals surface area contributed by atoms with Gasteiger partial charge in [-0.15, -0.1) is 0 Å². The van der Waals surface area contributed by atoms with Gasteiger partial charge in [-0.1, -0.05) is 66.7 Å². The summed E-state index contributed by atoms with van der Waals surface area (Å²) in [6, 6.07) is 41.0. The lowest BCUT2D eigenvalue weighted by Crippen LogP contribution is -1.98. The molecule has 0 aliphatic heterocycles. The molecule has 206 valence electrons. The zero-order chi connectivity index (χ0) is 29.3. The minimum Gasteiger partial charge on any atom is -0.264 e. The van der Waals surface area contributed by atoms with Crippen LogP contribution in [0.25, 0.3) is 78.2 Å². The molecule has 6 nitrogen and oxygen atoms in total. The maximum atomic E-state index is 5.05. The van der Waals surface area contributed by atoms with Gasteiger partial charge in [0.1, 0.15) is 5.69 Å². The number of rotatable bonds is 5. The Morgan fingerprint density at radius 2 is 0.886 bits per heavy atom. The Labute approximate surface area is 253 Å². The summed E-state index contributed by atoms with van der Waals surface area (Å²) in [5.74, 6) is 0.537. The summed E-state index contributed by atoms with van der Waals surface area (Å²) >= 11 is 0. The lowest BCUT2D eigenvalue weighted by Gasteiger charge is -2.10. The maximum absolute atomic E-state index is 5.05. The minimum absolute atomic E-state index is 0.537. The Hall–Kier alpha value is -6.14. The van der Waals surface area contributed by atoms with Crippen LogP contribution in [0.2, 0.25) is 0 Å². The van der Waals surface area contributed by atoms with E-state index in [2.05, 4.69) is 88.8 Å². The van der Waals surface area contributed by atoms with Crippen LogP contribution >= 0.6 is 0 Å². The van der Waals surface area contributed by atoms with Gasteiger partial charge >= 0.3 is 0 Å². The molecule has 0 amide bonds. The average Bonchev–Trinajstić information content (AvgIpc) is 3.11. The fraction of sp³-hybridized carbons (Fsp3) is 0. The molecule has 0 fully saturated rings. The van der Waals surface area contributed by atoms with E-state index in [0.29, 0.717) is 11.5 Å². The molecule has 8 aromatic rings. The molecule has 0 spiro atoms. The predicted octanol–water partition coefficient (Wildman–Crippen LogP) is 8.70. The molecule has 5 aromatic heterocycles. The largest absolute Gasteiger partial charge is 0.264 e. The van der Waals surface area contributed by atoms with Gasteiger partial charge < -0.3 is 0 Å². The molecule has 6 heteroatoms. The summed E-state index contributed by atoms with van der Waals surface area (Å²) in [7, 11) is 0. The molecular formula is C38H24N6. The Bertz CT molecular complexity index is 2210. The summed E-state index contributed by atoms with van der Waals surface area (Å²) in [6.07, 6.45) is 7.11. The fourth-order valence-corrected chi connectivity index (χ4v) is 5.38. The van der Waals surface area contributed by atoms with Crippen LogP contribution in [-0.2, 0) is 0 Å². The van der Waals surface area contributed by atoms with Gasteiger partial charge in [0.2, 0.25) is 0 Å². The van der Waals surface area contributed by atoms with Crippen molar-refractivity contribution >= 4 is 21.8 Å². The molecule has 0 bridgehead atoms. The van der Waals surface area contributed by atoms with Gasteiger partial charge in [0.25, 0.3) is 0 Å². The number of nitrogens with zero attached hydrogens (tertiary/aromatic N) is 6. The summed E-state index contributed by atoms with van der Waals surface area (Å²) in [6.45, 7) is 0. The van der Waals surface area contributed by atoms with Gasteiger partial charge in [-0.05, 0) is 65.7 Å². The fourth-order valence-electron chi connectivity index (χ4n) is 5.38.